The summed E-state index contributed by atoms with van der Waals surface area (Å²) in [5.74, 6) is -2.53. The Morgan fingerprint density at radius 3 is 2.43 bits per heavy atom. The van der Waals surface area contributed by atoms with Crippen LogP contribution < -0.4 is 20.5 Å². The van der Waals surface area contributed by atoms with E-state index in [-0.39, 0.29) is 17.0 Å². The molecule has 2 aromatic carbocycles. The van der Waals surface area contributed by atoms with Gasteiger partial charge in [0.2, 0.25) is 0 Å². The van der Waals surface area contributed by atoms with E-state index in [9.17, 15) is 27.9 Å². The zero-order chi connectivity index (χ0) is 21.5. The van der Waals surface area contributed by atoms with Crippen LogP contribution in [0.2, 0.25) is 0 Å². The van der Waals surface area contributed by atoms with E-state index >= 15 is 0 Å². The minimum atomic E-state index is -4.84. The fourth-order valence-electron chi connectivity index (χ4n) is 3.39. The zero-order valence-corrected chi connectivity index (χ0v) is 15.0. The molecule has 1 aliphatic carbocycles. The number of carboxylic acid groups (broad SMARTS) is 1. The van der Waals surface area contributed by atoms with Gasteiger partial charge in [-0.05, 0) is 35.6 Å². The molecule has 1 atom stereocenters. The Balaban J connectivity index is 1.66. The molecule has 10 heteroatoms. The van der Waals surface area contributed by atoms with Crippen LogP contribution in [0.1, 0.15) is 0 Å². The fourth-order valence-corrected chi connectivity index (χ4v) is 3.39. The zero-order valence-electron chi connectivity index (χ0n) is 15.0. The summed E-state index contributed by atoms with van der Waals surface area (Å²) in [6, 6.07) is 11.3. The first-order chi connectivity index (χ1) is 14.2. The lowest BCUT2D eigenvalue weighted by Crippen LogP contribution is -2.37. The molecule has 4 rings (SSSR count). The summed E-state index contributed by atoms with van der Waals surface area (Å²) < 4.78 is 40.6. The molecule has 152 valence electrons. The van der Waals surface area contributed by atoms with Gasteiger partial charge in [0.1, 0.15) is 5.75 Å². The van der Waals surface area contributed by atoms with Crippen LogP contribution in [0.3, 0.4) is 0 Å². The van der Waals surface area contributed by atoms with Crippen molar-refractivity contribution in [3.63, 3.8) is 0 Å². The van der Waals surface area contributed by atoms with Crippen molar-refractivity contribution >= 4 is 29.3 Å². The lowest BCUT2D eigenvalue weighted by Gasteiger charge is -2.27. The van der Waals surface area contributed by atoms with E-state index in [1.165, 1.54) is 18.2 Å². The molecule has 7 nitrogen and oxygen atoms in total. The first kappa shape index (κ1) is 19.4. The van der Waals surface area contributed by atoms with Gasteiger partial charge in [-0.3, -0.25) is 9.59 Å². The monoisotopic (exact) mass is 415 g/mol. The molecule has 0 radical (unpaired) electrons. The van der Waals surface area contributed by atoms with E-state index in [1.807, 2.05) is 0 Å². The number of fused-ring (bicyclic) bond motifs is 2. The van der Waals surface area contributed by atoms with Gasteiger partial charge >= 0.3 is 12.3 Å². The van der Waals surface area contributed by atoms with Gasteiger partial charge in [-0.1, -0.05) is 24.3 Å². The van der Waals surface area contributed by atoms with Crippen LogP contribution in [0.15, 0.2) is 70.5 Å². The number of ether oxygens (including phenoxy) is 1. The minimum absolute atomic E-state index is 0.118. The van der Waals surface area contributed by atoms with E-state index in [0.29, 0.717) is 10.4 Å². The van der Waals surface area contributed by atoms with Crippen molar-refractivity contribution in [1.82, 2.24) is 0 Å². The van der Waals surface area contributed by atoms with E-state index in [1.54, 1.807) is 24.3 Å². The van der Waals surface area contributed by atoms with Crippen molar-refractivity contribution in [2.45, 2.75) is 6.36 Å². The second-order valence-electron chi connectivity index (χ2n) is 6.48. The average molecular weight is 415 g/mol. The summed E-state index contributed by atoms with van der Waals surface area (Å²) in [5.41, 5.74) is -1.73. The van der Waals surface area contributed by atoms with Crippen molar-refractivity contribution in [3.8, 4) is 5.75 Å². The Labute approximate surface area is 166 Å². The van der Waals surface area contributed by atoms with Gasteiger partial charge < -0.3 is 15.2 Å². The van der Waals surface area contributed by atoms with Gasteiger partial charge in [0.15, 0.2) is 5.41 Å². The second kappa shape index (κ2) is 6.83. The standard InChI is InChI=1S/C20H12F3N3O4/c21-20(22,23)30-13-7-5-12(6-8-13)25-17(27)15-10-24-26-16-14-4-2-1-3-11(14)9-19(15,16)18(28)29/h1-10H,(H,25,27)(H,28,29). The number of rotatable bonds is 4. The Morgan fingerprint density at radius 1 is 1.07 bits per heavy atom. The Morgan fingerprint density at radius 2 is 1.77 bits per heavy atom. The minimum Gasteiger partial charge on any atom is -0.480 e. The number of amides is 1. The highest BCUT2D eigenvalue weighted by Gasteiger charge is 2.51. The van der Waals surface area contributed by atoms with Crippen LogP contribution in [0.5, 0.6) is 5.75 Å². The molecule has 2 N–H and O–H groups in total. The SMILES string of the molecule is O=C(Nc1ccc(OC(F)(F)F)cc1)C1=CN=NC2=c3ccccc3=CC12C(=O)O. The topological polar surface area (TPSA) is 100 Å². The summed E-state index contributed by atoms with van der Waals surface area (Å²) >= 11 is 0. The molecule has 0 saturated heterocycles. The number of nitrogens with zero attached hydrogens (tertiary/aromatic N) is 2. The summed E-state index contributed by atoms with van der Waals surface area (Å²) in [5, 5.41) is 21.4. The number of carbonyl (C=O) groups excluding carboxylic acids is 1. The first-order valence-corrected chi connectivity index (χ1v) is 8.55. The number of carbonyl (C=O) groups is 2. The second-order valence-corrected chi connectivity index (χ2v) is 6.48. The Bertz CT molecular complexity index is 1230. The summed E-state index contributed by atoms with van der Waals surface area (Å²) in [7, 11) is 0. The fraction of sp³-hybridized carbons (Fsp3) is 0.100. The van der Waals surface area contributed by atoms with Crippen molar-refractivity contribution in [3.05, 3.63) is 70.7 Å². The van der Waals surface area contributed by atoms with Crippen molar-refractivity contribution in [1.29, 1.82) is 0 Å². The van der Waals surface area contributed by atoms with E-state index in [2.05, 4.69) is 20.3 Å². The first-order valence-electron chi connectivity index (χ1n) is 8.55. The molecule has 1 heterocycles. The molecule has 30 heavy (non-hydrogen) atoms. The molecule has 2 aliphatic rings. The molecule has 1 aliphatic heterocycles. The predicted octanol–water partition coefficient (Wildman–Crippen LogP) is 2.55. The molecule has 0 bridgehead atoms. The molecule has 0 aromatic heterocycles. The quantitative estimate of drug-likeness (QED) is 0.802. The van der Waals surface area contributed by atoms with Gasteiger partial charge in [-0.15, -0.1) is 13.2 Å². The van der Waals surface area contributed by atoms with Gasteiger partial charge in [-0.25, -0.2) is 0 Å². The van der Waals surface area contributed by atoms with E-state index in [0.717, 1.165) is 18.3 Å². The highest BCUT2D eigenvalue weighted by Crippen LogP contribution is 2.44. The summed E-state index contributed by atoms with van der Waals surface area (Å²) in [4.78, 5) is 25.2. The number of hydrogen-bond acceptors (Lipinski definition) is 5. The molecule has 0 saturated carbocycles. The van der Waals surface area contributed by atoms with Gasteiger partial charge in [-0.2, -0.15) is 10.2 Å². The smallest absolute Gasteiger partial charge is 0.480 e. The number of azo groups is 1. The number of halogens is 3. The lowest BCUT2D eigenvalue weighted by atomic mass is 9.77. The third kappa shape index (κ3) is 3.21. The molecule has 1 unspecified atom stereocenters. The van der Waals surface area contributed by atoms with Crippen LogP contribution in [0.25, 0.3) is 11.8 Å². The molecule has 0 fully saturated rings. The maximum atomic E-state index is 12.9. The average Bonchev–Trinajstić information content (AvgIpc) is 3.04. The van der Waals surface area contributed by atoms with E-state index in [4.69, 9.17) is 0 Å². The number of alkyl halides is 3. The van der Waals surface area contributed by atoms with Gasteiger partial charge in [0, 0.05) is 10.9 Å². The number of aliphatic carboxylic acids is 1. The highest BCUT2D eigenvalue weighted by molar-refractivity contribution is 6.15. The van der Waals surface area contributed by atoms with Crippen molar-refractivity contribution in [2.24, 2.45) is 15.6 Å². The van der Waals surface area contributed by atoms with Gasteiger partial charge in [0.05, 0.1) is 17.5 Å². The largest absolute Gasteiger partial charge is 0.573 e. The molecular formula is C20H12F3N3O4. The van der Waals surface area contributed by atoms with Crippen molar-refractivity contribution < 1.29 is 32.6 Å². The third-order valence-electron chi connectivity index (χ3n) is 4.66. The number of carboxylic acids is 1. The molecular weight excluding hydrogens is 403 g/mol. The normalized spacial score (nSPS) is 19.3. The maximum absolute atomic E-state index is 12.9. The third-order valence-corrected chi connectivity index (χ3v) is 4.66. The molecule has 1 amide bonds. The lowest BCUT2D eigenvalue weighted by molar-refractivity contribution is -0.274. The Hall–Kier alpha value is -3.95. The maximum Gasteiger partial charge on any atom is 0.573 e. The van der Waals surface area contributed by atoms with Crippen LogP contribution in [0, 0.1) is 5.41 Å². The van der Waals surface area contributed by atoms with Crippen LogP contribution >= 0.6 is 0 Å². The number of benzene rings is 2. The number of hydrogen-bond donors (Lipinski definition) is 2. The predicted molar refractivity (Wildman–Crippen MR) is 98.3 cm³/mol. The molecule has 0 spiro atoms. The van der Waals surface area contributed by atoms with Gasteiger partial charge in [0.25, 0.3) is 5.91 Å². The highest BCUT2D eigenvalue weighted by atomic mass is 19.4. The van der Waals surface area contributed by atoms with Crippen LogP contribution in [-0.4, -0.2) is 23.3 Å². The van der Waals surface area contributed by atoms with Crippen LogP contribution in [0.4, 0.5) is 18.9 Å². The summed E-state index contributed by atoms with van der Waals surface area (Å²) in [6.45, 7) is 0. The number of anilines is 1. The van der Waals surface area contributed by atoms with Crippen LogP contribution in [-0.2, 0) is 9.59 Å². The summed E-state index contributed by atoms with van der Waals surface area (Å²) in [6.07, 6.45) is -2.34. The Kier molecular flexibility index (Phi) is 4.41. The van der Waals surface area contributed by atoms with E-state index < -0.39 is 29.4 Å². The molecule has 2 aromatic rings. The number of nitrogens with one attached hydrogen (secondary N) is 1. The van der Waals surface area contributed by atoms with Crippen molar-refractivity contribution in [2.75, 3.05) is 5.32 Å².